The number of nitrogens with two attached hydrogens (primary N) is 2. The number of rotatable bonds is 4. The van der Waals surface area contributed by atoms with Gasteiger partial charge in [0.05, 0.1) is 21.8 Å². The van der Waals surface area contributed by atoms with E-state index in [2.05, 4.69) is 49.0 Å². The fourth-order valence-electron chi connectivity index (χ4n) is 5.02. The summed E-state index contributed by atoms with van der Waals surface area (Å²) in [5.74, 6) is 1.94. The number of thiophene rings is 1. The van der Waals surface area contributed by atoms with Gasteiger partial charge in [-0.3, -0.25) is 4.57 Å². The summed E-state index contributed by atoms with van der Waals surface area (Å²) in [6.07, 6.45) is 1.69. The molecule has 196 valence electrons. The van der Waals surface area contributed by atoms with E-state index in [1.54, 1.807) is 17.6 Å². The molecule has 5 nitrogen and oxygen atoms in total. The van der Waals surface area contributed by atoms with Crippen molar-refractivity contribution in [2.24, 2.45) is 0 Å². The van der Waals surface area contributed by atoms with Gasteiger partial charge in [0.2, 0.25) is 0 Å². The first-order valence-electron chi connectivity index (χ1n) is 12.8. The molecule has 3 aromatic heterocycles. The van der Waals surface area contributed by atoms with Crippen molar-refractivity contribution in [3.05, 3.63) is 115 Å². The first-order valence-corrected chi connectivity index (χ1v) is 14.5. The fraction of sp³-hybridized carbons (Fsp3) is 0.0303. The van der Waals surface area contributed by atoms with Gasteiger partial charge in [-0.2, -0.15) is 12.6 Å². The van der Waals surface area contributed by atoms with Crippen LogP contribution in [0.25, 0.3) is 59.9 Å². The summed E-state index contributed by atoms with van der Waals surface area (Å²) in [6, 6.07) is 38.6. The number of thiol groups is 1. The molecule has 4 N–H and O–H groups in total. The van der Waals surface area contributed by atoms with Crippen LogP contribution in [0.1, 0.15) is 0 Å². The van der Waals surface area contributed by atoms with E-state index in [-0.39, 0.29) is 0 Å². The molecule has 0 aliphatic carbocycles. The highest BCUT2D eigenvalue weighted by Crippen LogP contribution is 2.47. The minimum atomic E-state index is 0.598. The standard InChI is InChI=1S/C32H23N5S.CH4S/c33-29-23-16-8-10-18-26(23)38-30(29)28-22-15-7-9-17-25(22)37(31(28)34)27-19-24(20-11-3-1-4-12-20)35-32(36-27)21-13-5-2-6-14-21;1-2/h1-19H,33-34H2;2H,1H3. The van der Waals surface area contributed by atoms with Crippen molar-refractivity contribution in [1.29, 1.82) is 0 Å². The Morgan fingerprint density at radius 1 is 0.675 bits per heavy atom. The topological polar surface area (TPSA) is 82.8 Å². The molecule has 0 radical (unpaired) electrons. The summed E-state index contributed by atoms with van der Waals surface area (Å²) in [4.78, 5) is 10.9. The Morgan fingerprint density at radius 3 is 1.98 bits per heavy atom. The molecular weight excluding hydrogens is 531 g/mol. The second-order valence-electron chi connectivity index (χ2n) is 9.12. The zero-order valence-electron chi connectivity index (χ0n) is 21.8. The van der Waals surface area contributed by atoms with Crippen LogP contribution >= 0.6 is 24.0 Å². The molecular formula is C33H27N5S2. The van der Waals surface area contributed by atoms with Crippen LogP contribution < -0.4 is 11.5 Å². The summed E-state index contributed by atoms with van der Waals surface area (Å²) < 4.78 is 3.16. The highest BCUT2D eigenvalue weighted by Gasteiger charge is 2.23. The fourth-order valence-corrected chi connectivity index (χ4v) is 6.21. The third-order valence-electron chi connectivity index (χ3n) is 6.82. The molecule has 0 saturated carbocycles. The summed E-state index contributed by atoms with van der Waals surface area (Å²) >= 11 is 5.19. The quantitative estimate of drug-likeness (QED) is 0.190. The predicted octanol–water partition coefficient (Wildman–Crippen LogP) is 8.35. The van der Waals surface area contributed by atoms with Crippen molar-refractivity contribution in [2.75, 3.05) is 17.7 Å². The minimum absolute atomic E-state index is 0.598. The van der Waals surface area contributed by atoms with Crippen LogP contribution in [-0.4, -0.2) is 20.8 Å². The molecule has 0 unspecified atom stereocenters. The Kier molecular flexibility index (Phi) is 6.99. The van der Waals surface area contributed by atoms with Gasteiger partial charge >= 0.3 is 0 Å². The van der Waals surface area contributed by atoms with Crippen LogP contribution in [-0.2, 0) is 0 Å². The second kappa shape index (κ2) is 10.9. The van der Waals surface area contributed by atoms with E-state index in [0.717, 1.165) is 53.9 Å². The van der Waals surface area contributed by atoms with Gasteiger partial charge in [0.25, 0.3) is 0 Å². The van der Waals surface area contributed by atoms with E-state index in [4.69, 9.17) is 21.4 Å². The maximum Gasteiger partial charge on any atom is 0.162 e. The van der Waals surface area contributed by atoms with Crippen molar-refractivity contribution < 1.29 is 0 Å². The first-order chi connectivity index (χ1) is 19.7. The zero-order valence-corrected chi connectivity index (χ0v) is 23.5. The third kappa shape index (κ3) is 4.39. The van der Waals surface area contributed by atoms with Crippen LogP contribution in [0.15, 0.2) is 115 Å². The molecule has 4 aromatic carbocycles. The Hall–Kier alpha value is -4.59. The van der Waals surface area contributed by atoms with Crippen molar-refractivity contribution in [1.82, 2.24) is 14.5 Å². The van der Waals surface area contributed by atoms with Gasteiger partial charge in [-0.25, -0.2) is 9.97 Å². The smallest absolute Gasteiger partial charge is 0.162 e. The Bertz CT molecular complexity index is 1890. The van der Waals surface area contributed by atoms with E-state index in [9.17, 15) is 0 Å². The molecule has 7 heteroatoms. The van der Waals surface area contributed by atoms with Crippen LogP contribution in [0.2, 0.25) is 0 Å². The highest BCUT2D eigenvalue weighted by atomic mass is 32.1. The number of para-hydroxylation sites is 1. The summed E-state index contributed by atoms with van der Waals surface area (Å²) in [5.41, 5.74) is 19.1. The molecule has 0 spiro atoms. The zero-order chi connectivity index (χ0) is 27.6. The Labute approximate surface area is 242 Å². The van der Waals surface area contributed by atoms with Crippen LogP contribution in [0.4, 0.5) is 11.5 Å². The molecule has 0 aliphatic heterocycles. The van der Waals surface area contributed by atoms with Crippen molar-refractivity contribution in [2.45, 2.75) is 0 Å². The van der Waals surface area contributed by atoms with E-state index < -0.39 is 0 Å². The SMILES string of the molecule is CS.Nc1c(-c2c(N)n(-c3cc(-c4ccccc4)nc(-c4ccccc4)n3)c3ccccc23)sc2ccccc12. The predicted molar refractivity (Wildman–Crippen MR) is 174 cm³/mol. The molecule has 0 atom stereocenters. The van der Waals surface area contributed by atoms with Gasteiger partial charge in [-0.1, -0.05) is 97.1 Å². The Balaban J connectivity index is 0.00000142. The second-order valence-corrected chi connectivity index (χ2v) is 10.2. The number of nitrogen functional groups attached to an aromatic ring is 2. The van der Waals surface area contributed by atoms with Gasteiger partial charge in [0, 0.05) is 38.2 Å². The van der Waals surface area contributed by atoms with E-state index in [0.29, 0.717) is 17.5 Å². The lowest BCUT2D eigenvalue weighted by Crippen LogP contribution is -2.05. The monoisotopic (exact) mass is 557 g/mol. The molecule has 0 bridgehead atoms. The maximum atomic E-state index is 7.00. The lowest BCUT2D eigenvalue weighted by atomic mass is 10.1. The minimum Gasteiger partial charge on any atom is -0.397 e. The normalized spacial score (nSPS) is 10.9. The van der Waals surface area contributed by atoms with Crippen molar-refractivity contribution in [3.8, 4) is 38.9 Å². The van der Waals surface area contributed by atoms with Crippen molar-refractivity contribution in [3.63, 3.8) is 0 Å². The average Bonchev–Trinajstić information content (AvgIpc) is 3.51. The van der Waals surface area contributed by atoms with E-state index in [1.807, 2.05) is 83.4 Å². The number of benzene rings is 4. The Morgan fingerprint density at radius 2 is 1.27 bits per heavy atom. The van der Waals surface area contributed by atoms with Crippen LogP contribution in [0.3, 0.4) is 0 Å². The molecule has 3 heterocycles. The lowest BCUT2D eigenvalue weighted by molar-refractivity contribution is 1.03. The molecule has 7 aromatic rings. The number of nitrogens with zero attached hydrogens (tertiary/aromatic N) is 3. The van der Waals surface area contributed by atoms with Crippen molar-refractivity contribution >= 4 is 56.5 Å². The first kappa shape index (κ1) is 25.7. The van der Waals surface area contributed by atoms with Crippen LogP contribution in [0, 0.1) is 0 Å². The highest BCUT2D eigenvalue weighted by molar-refractivity contribution is 7.79. The van der Waals surface area contributed by atoms with Gasteiger partial charge in [0.15, 0.2) is 5.82 Å². The molecule has 0 saturated heterocycles. The lowest BCUT2D eigenvalue weighted by Gasteiger charge is -2.12. The number of anilines is 2. The van der Waals surface area contributed by atoms with Gasteiger partial charge in [0.1, 0.15) is 11.6 Å². The van der Waals surface area contributed by atoms with E-state index in [1.165, 1.54) is 0 Å². The number of fused-ring (bicyclic) bond motifs is 2. The molecule has 40 heavy (non-hydrogen) atoms. The third-order valence-corrected chi connectivity index (χ3v) is 8.02. The molecule has 0 amide bonds. The van der Waals surface area contributed by atoms with E-state index >= 15 is 0 Å². The summed E-state index contributed by atoms with van der Waals surface area (Å²) in [6.45, 7) is 0. The largest absolute Gasteiger partial charge is 0.397 e. The summed E-state index contributed by atoms with van der Waals surface area (Å²) in [7, 11) is 0. The maximum absolute atomic E-state index is 7.00. The molecule has 0 aliphatic rings. The van der Waals surface area contributed by atoms with Crippen LogP contribution in [0.5, 0.6) is 0 Å². The average molecular weight is 558 g/mol. The van der Waals surface area contributed by atoms with Gasteiger partial charge < -0.3 is 11.5 Å². The van der Waals surface area contributed by atoms with Gasteiger partial charge in [-0.15, -0.1) is 11.3 Å². The number of hydrogen-bond donors (Lipinski definition) is 3. The molecule has 0 fully saturated rings. The van der Waals surface area contributed by atoms with Gasteiger partial charge in [-0.05, 0) is 18.4 Å². The number of aromatic nitrogens is 3. The summed E-state index contributed by atoms with van der Waals surface area (Å²) in [5, 5.41) is 2.08. The molecule has 7 rings (SSSR count). The number of hydrogen-bond acceptors (Lipinski definition) is 6.